The van der Waals surface area contributed by atoms with Gasteiger partial charge in [-0.3, -0.25) is 4.99 Å². The molecule has 1 aromatic rings. The summed E-state index contributed by atoms with van der Waals surface area (Å²) in [5.74, 6) is 1.23. The minimum absolute atomic E-state index is 0.343. The number of fused-ring (bicyclic) bond motifs is 1. The highest BCUT2D eigenvalue weighted by Gasteiger charge is 2.24. The quantitative estimate of drug-likeness (QED) is 0.855. The second-order valence-corrected chi connectivity index (χ2v) is 6.69. The molecule has 1 atom stereocenters. The third-order valence-electron chi connectivity index (χ3n) is 4.34. The van der Waals surface area contributed by atoms with Crippen molar-refractivity contribution >= 4 is 35.3 Å². The van der Waals surface area contributed by atoms with E-state index in [-0.39, 0.29) is 0 Å². The van der Waals surface area contributed by atoms with Crippen molar-refractivity contribution in [2.45, 2.75) is 12.2 Å². The number of thioether (sulfide) groups is 1. The number of rotatable bonds is 3. The van der Waals surface area contributed by atoms with E-state index in [4.69, 9.17) is 0 Å². The molecule has 3 nitrogen and oxygen atoms in total. The Morgan fingerprint density at radius 1 is 1.43 bits per heavy atom. The molecular weight excluding hydrogens is 302 g/mol. The highest BCUT2D eigenvalue weighted by Crippen LogP contribution is 2.34. The molecule has 0 amide bonds. The Morgan fingerprint density at radius 3 is 3.22 bits per heavy atom. The molecule has 0 fully saturated rings. The lowest BCUT2D eigenvalue weighted by Gasteiger charge is -2.24. The number of aromatic amines is 1. The molecule has 4 heteroatoms. The Hall–Kier alpha value is -2.16. The summed E-state index contributed by atoms with van der Waals surface area (Å²) in [4.78, 5) is 10.4. The standard InChI is InChI=1S/C19H19N3S/c1-2-22-11-10-20-19(22)18-9-8-14(13-23-18)16-12-21-17-7-5-3-4-6-15(16)17/h3-4,6-9,12-13,18,21H,2,10-11H2,1H3. The van der Waals surface area contributed by atoms with E-state index in [0.29, 0.717) is 5.25 Å². The molecule has 1 unspecified atom stereocenters. The first kappa shape index (κ1) is 14.4. The fourth-order valence-corrected chi connectivity index (χ4v) is 4.15. The van der Waals surface area contributed by atoms with Crippen molar-refractivity contribution in [3.8, 4) is 0 Å². The molecule has 0 bridgehead atoms. The predicted octanol–water partition coefficient (Wildman–Crippen LogP) is 3.96. The molecule has 0 spiro atoms. The molecule has 1 N–H and O–H groups in total. The van der Waals surface area contributed by atoms with Crippen molar-refractivity contribution in [2.75, 3.05) is 19.6 Å². The minimum Gasteiger partial charge on any atom is -0.360 e. The van der Waals surface area contributed by atoms with E-state index in [1.54, 1.807) is 0 Å². The van der Waals surface area contributed by atoms with Crippen LogP contribution >= 0.6 is 11.8 Å². The van der Waals surface area contributed by atoms with Crippen molar-refractivity contribution in [1.29, 1.82) is 0 Å². The van der Waals surface area contributed by atoms with Gasteiger partial charge in [0, 0.05) is 36.5 Å². The molecule has 116 valence electrons. The van der Waals surface area contributed by atoms with Gasteiger partial charge in [0.25, 0.3) is 0 Å². The number of nitrogens with one attached hydrogen (secondary N) is 1. The summed E-state index contributed by atoms with van der Waals surface area (Å²) in [6, 6.07) is 0. The van der Waals surface area contributed by atoms with Crippen molar-refractivity contribution in [3.63, 3.8) is 0 Å². The lowest BCUT2D eigenvalue weighted by atomic mass is 10.0. The topological polar surface area (TPSA) is 31.4 Å². The van der Waals surface area contributed by atoms with Crippen LogP contribution in [-0.4, -0.2) is 40.6 Å². The Bertz CT molecular complexity index is 801. The minimum atomic E-state index is 0.343. The number of H-pyrrole nitrogens is 1. The number of likely N-dealkylation sites (N-methyl/N-ethyl adjacent to an activating group) is 1. The first-order valence-electron chi connectivity index (χ1n) is 8.01. The zero-order valence-electron chi connectivity index (χ0n) is 13.1. The summed E-state index contributed by atoms with van der Waals surface area (Å²) in [6.07, 6.45) is 14.7. The second-order valence-electron chi connectivity index (χ2n) is 5.68. The van der Waals surface area contributed by atoms with Crippen LogP contribution in [0.5, 0.6) is 0 Å². The SMILES string of the molecule is CCN1CCN=C1C1C=CC(c2c[nH]c3c2C=CC=C=C3)=CS1. The van der Waals surface area contributed by atoms with Gasteiger partial charge in [-0.2, -0.15) is 0 Å². The first-order chi connectivity index (χ1) is 11.4. The van der Waals surface area contributed by atoms with E-state index < -0.39 is 0 Å². The molecule has 1 aliphatic carbocycles. The van der Waals surface area contributed by atoms with Gasteiger partial charge in [-0.15, -0.1) is 17.5 Å². The van der Waals surface area contributed by atoms with Crippen LogP contribution in [0.25, 0.3) is 17.7 Å². The molecule has 23 heavy (non-hydrogen) atoms. The van der Waals surface area contributed by atoms with E-state index >= 15 is 0 Å². The van der Waals surface area contributed by atoms with Gasteiger partial charge >= 0.3 is 0 Å². The van der Waals surface area contributed by atoms with Gasteiger partial charge in [0.1, 0.15) is 5.84 Å². The molecular formula is C19H19N3S. The highest BCUT2D eigenvalue weighted by atomic mass is 32.2. The first-order valence-corrected chi connectivity index (χ1v) is 8.95. The van der Waals surface area contributed by atoms with Crippen molar-refractivity contribution in [2.24, 2.45) is 4.99 Å². The average molecular weight is 321 g/mol. The van der Waals surface area contributed by atoms with E-state index in [1.807, 2.05) is 30.0 Å². The summed E-state index contributed by atoms with van der Waals surface area (Å²) in [5.41, 5.74) is 7.99. The summed E-state index contributed by atoms with van der Waals surface area (Å²) in [7, 11) is 0. The zero-order chi connectivity index (χ0) is 15.6. The van der Waals surface area contributed by atoms with Crippen molar-refractivity contribution < 1.29 is 0 Å². The van der Waals surface area contributed by atoms with Gasteiger partial charge in [0.05, 0.1) is 17.5 Å². The van der Waals surface area contributed by atoms with Crippen LogP contribution in [0.4, 0.5) is 0 Å². The maximum Gasteiger partial charge on any atom is 0.116 e. The highest BCUT2D eigenvalue weighted by molar-refractivity contribution is 8.03. The molecule has 3 aliphatic rings. The number of nitrogens with zero attached hydrogens (tertiary/aromatic N) is 2. The molecule has 2 aliphatic heterocycles. The van der Waals surface area contributed by atoms with Gasteiger partial charge < -0.3 is 9.88 Å². The third kappa shape index (κ3) is 2.65. The van der Waals surface area contributed by atoms with E-state index in [9.17, 15) is 0 Å². The monoisotopic (exact) mass is 321 g/mol. The number of amidine groups is 1. The van der Waals surface area contributed by atoms with Crippen LogP contribution in [0.15, 0.2) is 46.6 Å². The number of aliphatic imine (C=N–C) groups is 1. The van der Waals surface area contributed by atoms with Gasteiger partial charge in [-0.05, 0) is 24.0 Å². The van der Waals surface area contributed by atoms with Crippen LogP contribution < -0.4 is 0 Å². The van der Waals surface area contributed by atoms with Crippen LogP contribution in [0, 0.1) is 0 Å². The zero-order valence-corrected chi connectivity index (χ0v) is 13.9. The number of hydrogen-bond donors (Lipinski definition) is 1. The van der Waals surface area contributed by atoms with Crippen LogP contribution in [-0.2, 0) is 0 Å². The predicted molar refractivity (Wildman–Crippen MR) is 100 cm³/mol. The maximum absolute atomic E-state index is 4.69. The summed E-state index contributed by atoms with van der Waals surface area (Å²) in [6.45, 7) is 5.22. The van der Waals surface area contributed by atoms with E-state index in [2.05, 4.69) is 57.4 Å². The number of aromatic nitrogens is 1. The lowest BCUT2D eigenvalue weighted by molar-refractivity contribution is 0.478. The van der Waals surface area contributed by atoms with Gasteiger partial charge in [-0.25, -0.2) is 0 Å². The number of hydrogen-bond acceptors (Lipinski definition) is 3. The molecule has 4 rings (SSSR count). The smallest absolute Gasteiger partial charge is 0.116 e. The molecule has 0 saturated heterocycles. The maximum atomic E-state index is 4.69. The van der Waals surface area contributed by atoms with Crippen LogP contribution in [0.2, 0.25) is 0 Å². The number of allylic oxidation sites excluding steroid dienone is 4. The molecule has 0 radical (unpaired) electrons. The van der Waals surface area contributed by atoms with E-state index in [0.717, 1.165) is 25.3 Å². The lowest BCUT2D eigenvalue weighted by Crippen LogP contribution is -2.33. The third-order valence-corrected chi connectivity index (χ3v) is 5.39. The summed E-state index contributed by atoms with van der Waals surface area (Å²) in [5, 5.41) is 2.61. The summed E-state index contributed by atoms with van der Waals surface area (Å²) >= 11 is 1.85. The Kier molecular flexibility index (Phi) is 3.86. The molecule has 3 heterocycles. The van der Waals surface area contributed by atoms with Gasteiger partial charge in [0.15, 0.2) is 0 Å². The average Bonchev–Trinajstić information content (AvgIpc) is 3.16. The fraction of sp³-hybridized carbons (Fsp3) is 0.263. The van der Waals surface area contributed by atoms with Crippen LogP contribution in [0.1, 0.15) is 23.7 Å². The van der Waals surface area contributed by atoms with Gasteiger partial charge in [0.2, 0.25) is 0 Å². The van der Waals surface area contributed by atoms with Crippen LogP contribution in [0.3, 0.4) is 0 Å². The molecule has 0 aromatic carbocycles. The van der Waals surface area contributed by atoms with Crippen molar-refractivity contribution in [1.82, 2.24) is 9.88 Å². The largest absolute Gasteiger partial charge is 0.360 e. The van der Waals surface area contributed by atoms with Gasteiger partial charge in [-0.1, -0.05) is 24.3 Å². The molecule has 1 aromatic heterocycles. The summed E-state index contributed by atoms with van der Waals surface area (Å²) < 4.78 is 0. The van der Waals surface area contributed by atoms with Crippen molar-refractivity contribution in [3.05, 3.63) is 58.5 Å². The Labute approximate surface area is 140 Å². The van der Waals surface area contributed by atoms with E-state index in [1.165, 1.54) is 22.5 Å². The second kappa shape index (κ2) is 6.15. The normalized spacial score (nSPS) is 22.1. The molecule has 0 saturated carbocycles. The Morgan fingerprint density at radius 2 is 2.39 bits per heavy atom. The fourth-order valence-electron chi connectivity index (χ4n) is 3.13. The Balaban J connectivity index is 1.57.